The molecule has 2 fully saturated rings. The number of hydrogen-bond acceptors (Lipinski definition) is 3. The van der Waals surface area contributed by atoms with Gasteiger partial charge in [-0.1, -0.05) is 13.8 Å². The van der Waals surface area contributed by atoms with Gasteiger partial charge in [-0.25, -0.2) is 0 Å². The van der Waals surface area contributed by atoms with Crippen LogP contribution in [0.2, 0.25) is 0 Å². The van der Waals surface area contributed by atoms with Crippen molar-refractivity contribution in [3.63, 3.8) is 0 Å². The van der Waals surface area contributed by atoms with E-state index in [4.69, 9.17) is 10.2 Å². The molecule has 2 aliphatic rings. The van der Waals surface area contributed by atoms with E-state index in [2.05, 4.69) is 0 Å². The number of carbonyl (C=O) groups excluding carboxylic acids is 1. The van der Waals surface area contributed by atoms with Gasteiger partial charge >= 0.3 is 5.97 Å². The van der Waals surface area contributed by atoms with E-state index in [1.807, 2.05) is 13.8 Å². The Morgan fingerprint density at radius 3 is 2.22 bits per heavy atom. The average molecular weight is 255 g/mol. The lowest BCUT2D eigenvalue weighted by Crippen LogP contribution is -2.47. The van der Waals surface area contributed by atoms with Crippen LogP contribution in [0.5, 0.6) is 0 Å². The van der Waals surface area contributed by atoms with Crippen molar-refractivity contribution in [2.45, 2.75) is 39.2 Å². The van der Waals surface area contributed by atoms with Crippen molar-refractivity contribution in [3.05, 3.63) is 0 Å². The van der Waals surface area contributed by atoms with Crippen LogP contribution in [0, 0.1) is 17.3 Å². The summed E-state index contributed by atoms with van der Waals surface area (Å²) >= 11 is 0. The molecule has 5 nitrogen and oxygen atoms in total. The Kier molecular flexibility index (Phi) is 3.36. The monoisotopic (exact) mass is 255 g/mol. The van der Waals surface area contributed by atoms with Gasteiger partial charge < -0.3 is 15.1 Å². The lowest BCUT2D eigenvalue weighted by Gasteiger charge is -2.37. The molecule has 0 radical (unpaired) electrons. The quantitative estimate of drug-likeness (QED) is 0.758. The van der Waals surface area contributed by atoms with E-state index < -0.39 is 23.2 Å². The maximum absolute atomic E-state index is 12.4. The molecule has 5 heteroatoms. The van der Waals surface area contributed by atoms with Crippen LogP contribution in [-0.2, 0) is 9.59 Å². The minimum atomic E-state index is -0.893. The number of amides is 1. The van der Waals surface area contributed by atoms with Crippen LogP contribution in [-0.4, -0.2) is 46.2 Å². The first-order valence-electron chi connectivity index (χ1n) is 6.55. The number of rotatable bonds is 5. The molecule has 0 saturated heterocycles. The van der Waals surface area contributed by atoms with Gasteiger partial charge in [0.25, 0.3) is 0 Å². The summed E-state index contributed by atoms with van der Waals surface area (Å²) in [6.07, 6.45) is 3.05. The molecule has 2 aliphatic carbocycles. The Morgan fingerprint density at radius 1 is 1.28 bits per heavy atom. The molecule has 0 aromatic heterocycles. The Labute approximate surface area is 107 Å². The number of nitrogens with zero attached hydrogens (tertiary/aromatic N) is 1. The van der Waals surface area contributed by atoms with Gasteiger partial charge in [-0.3, -0.25) is 9.59 Å². The Hall–Kier alpha value is -1.10. The Morgan fingerprint density at radius 2 is 1.89 bits per heavy atom. The predicted octanol–water partition coefficient (Wildman–Crippen LogP) is 0.717. The zero-order valence-corrected chi connectivity index (χ0v) is 10.9. The molecule has 2 atom stereocenters. The van der Waals surface area contributed by atoms with Gasteiger partial charge in [0.15, 0.2) is 0 Å². The van der Waals surface area contributed by atoms with Gasteiger partial charge in [-0.2, -0.15) is 0 Å². The highest BCUT2D eigenvalue weighted by Crippen LogP contribution is 2.59. The molecule has 2 N–H and O–H groups in total. The number of carboxylic acids is 1. The lowest BCUT2D eigenvalue weighted by molar-refractivity contribution is -0.143. The highest BCUT2D eigenvalue weighted by molar-refractivity contribution is 5.91. The summed E-state index contributed by atoms with van der Waals surface area (Å²) in [7, 11) is 0. The highest BCUT2D eigenvalue weighted by Gasteiger charge is 2.66. The van der Waals surface area contributed by atoms with Gasteiger partial charge in [0, 0.05) is 12.6 Å². The van der Waals surface area contributed by atoms with E-state index in [0.29, 0.717) is 6.54 Å². The number of aliphatic hydroxyl groups excluding tert-OH is 1. The number of aliphatic hydroxyl groups is 1. The molecule has 2 saturated carbocycles. The van der Waals surface area contributed by atoms with Crippen molar-refractivity contribution in [1.82, 2.24) is 4.90 Å². The van der Waals surface area contributed by atoms with Crippen LogP contribution in [0.1, 0.15) is 33.1 Å². The van der Waals surface area contributed by atoms with Crippen molar-refractivity contribution < 1.29 is 19.8 Å². The summed E-state index contributed by atoms with van der Waals surface area (Å²) in [6, 6.07) is 0.204. The molecule has 0 aliphatic heterocycles. The van der Waals surface area contributed by atoms with E-state index in [-0.39, 0.29) is 18.6 Å². The third-order valence-electron chi connectivity index (χ3n) is 4.50. The first-order chi connectivity index (χ1) is 8.41. The van der Waals surface area contributed by atoms with Gasteiger partial charge in [-0.15, -0.1) is 0 Å². The summed E-state index contributed by atoms with van der Waals surface area (Å²) in [4.78, 5) is 25.2. The lowest BCUT2D eigenvalue weighted by atomic mass is 9.91. The molecular formula is C13H21NO4. The third-order valence-corrected chi connectivity index (χ3v) is 4.50. The third kappa shape index (κ3) is 2.00. The fraction of sp³-hybridized carbons (Fsp3) is 0.846. The van der Waals surface area contributed by atoms with Gasteiger partial charge in [-0.05, 0) is 24.7 Å². The minimum absolute atomic E-state index is 0.0624. The van der Waals surface area contributed by atoms with Crippen molar-refractivity contribution in [2.75, 3.05) is 13.2 Å². The summed E-state index contributed by atoms with van der Waals surface area (Å²) in [6.45, 7) is 3.91. The summed E-state index contributed by atoms with van der Waals surface area (Å²) in [5.74, 6) is -1.99. The standard InChI is InChI=1S/C13H21NO4/c1-13(2)9(10(13)12(17)18)11(16)14(6-7-15)8-4-3-5-8/h8-10,15H,3-7H2,1-2H3,(H,17,18)/t9-,10+/m1/s1. The van der Waals surface area contributed by atoms with Crippen molar-refractivity contribution in [1.29, 1.82) is 0 Å². The average Bonchev–Trinajstić information content (AvgIpc) is 2.77. The highest BCUT2D eigenvalue weighted by atomic mass is 16.4. The minimum Gasteiger partial charge on any atom is -0.481 e. The van der Waals surface area contributed by atoms with E-state index >= 15 is 0 Å². The number of hydrogen-bond donors (Lipinski definition) is 2. The van der Waals surface area contributed by atoms with Crippen LogP contribution in [0.15, 0.2) is 0 Å². The normalized spacial score (nSPS) is 29.5. The molecule has 102 valence electrons. The summed E-state index contributed by atoms with van der Waals surface area (Å²) in [5.41, 5.74) is -0.458. The van der Waals surface area contributed by atoms with Crippen molar-refractivity contribution >= 4 is 11.9 Å². The summed E-state index contributed by atoms with van der Waals surface area (Å²) in [5, 5.41) is 18.2. The van der Waals surface area contributed by atoms with Gasteiger partial charge in [0.1, 0.15) is 0 Å². The van der Waals surface area contributed by atoms with Crippen LogP contribution in [0.4, 0.5) is 0 Å². The SMILES string of the molecule is CC1(C)[C@H](C(=O)O)[C@@H]1C(=O)N(CCO)C1CCC1. The zero-order chi connectivity index (χ0) is 13.5. The van der Waals surface area contributed by atoms with E-state index in [9.17, 15) is 9.59 Å². The number of carboxylic acid groups (broad SMARTS) is 1. The molecule has 0 aromatic rings. The van der Waals surface area contributed by atoms with Crippen LogP contribution >= 0.6 is 0 Å². The second-order valence-corrected chi connectivity index (χ2v) is 5.95. The first-order valence-corrected chi connectivity index (χ1v) is 6.55. The number of aliphatic carboxylic acids is 1. The van der Waals surface area contributed by atoms with E-state index in [0.717, 1.165) is 19.3 Å². The second kappa shape index (κ2) is 4.53. The van der Waals surface area contributed by atoms with Crippen LogP contribution in [0.25, 0.3) is 0 Å². The van der Waals surface area contributed by atoms with E-state index in [1.165, 1.54) is 0 Å². The molecule has 0 bridgehead atoms. The Balaban J connectivity index is 2.07. The molecular weight excluding hydrogens is 234 g/mol. The predicted molar refractivity (Wildman–Crippen MR) is 64.8 cm³/mol. The van der Waals surface area contributed by atoms with E-state index in [1.54, 1.807) is 4.90 Å². The van der Waals surface area contributed by atoms with Gasteiger partial charge in [0.05, 0.1) is 18.4 Å². The maximum atomic E-state index is 12.4. The first kappa shape index (κ1) is 13.3. The van der Waals surface area contributed by atoms with Crippen molar-refractivity contribution in [2.24, 2.45) is 17.3 Å². The maximum Gasteiger partial charge on any atom is 0.307 e. The fourth-order valence-corrected chi connectivity index (χ4v) is 3.02. The number of carbonyl (C=O) groups is 2. The van der Waals surface area contributed by atoms with Gasteiger partial charge in [0.2, 0.25) is 5.91 Å². The van der Waals surface area contributed by atoms with Crippen LogP contribution < -0.4 is 0 Å². The topological polar surface area (TPSA) is 77.8 Å². The smallest absolute Gasteiger partial charge is 0.307 e. The molecule has 1 amide bonds. The zero-order valence-electron chi connectivity index (χ0n) is 10.9. The molecule has 0 spiro atoms. The van der Waals surface area contributed by atoms with Crippen LogP contribution in [0.3, 0.4) is 0 Å². The second-order valence-electron chi connectivity index (χ2n) is 5.95. The van der Waals surface area contributed by atoms with Crippen molar-refractivity contribution in [3.8, 4) is 0 Å². The Bertz CT molecular complexity index is 362. The largest absolute Gasteiger partial charge is 0.481 e. The summed E-state index contributed by atoms with van der Waals surface area (Å²) < 4.78 is 0. The fourth-order valence-electron chi connectivity index (χ4n) is 3.02. The molecule has 2 rings (SSSR count). The molecule has 0 unspecified atom stereocenters. The molecule has 0 heterocycles. The molecule has 0 aromatic carbocycles. The molecule has 18 heavy (non-hydrogen) atoms.